The lowest BCUT2D eigenvalue weighted by molar-refractivity contribution is -0.159. The number of fused-ring (bicyclic) bond motifs is 3. The van der Waals surface area contributed by atoms with Crippen LogP contribution in [0.4, 0.5) is 10.1 Å². The molecule has 136 valence electrons. The molecule has 3 fully saturated rings. The summed E-state index contributed by atoms with van der Waals surface area (Å²) in [6, 6.07) is 14.9. The van der Waals surface area contributed by atoms with Crippen molar-refractivity contribution in [2.75, 3.05) is 25.0 Å². The molecule has 5 heteroatoms. The maximum atomic E-state index is 13.2. The number of hydrogen-bond donors (Lipinski definition) is 1. The maximum Gasteiger partial charge on any atom is 0.333 e. The van der Waals surface area contributed by atoms with Crippen LogP contribution in [0.1, 0.15) is 24.4 Å². The fraction of sp³-hybridized carbons (Fsp3) is 0.381. The quantitative estimate of drug-likeness (QED) is 0.833. The van der Waals surface area contributed by atoms with E-state index in [4.69, 9.17) is 4.74 Å². The van der Waals surface area contributed by atoms with Gasteiger partial charge in [0.25, 0.3) is 0 Å². The molecule has 0 amide bonds. The highest BCUT2D eigenvalue weighted by Gasteiger charge is 2.37. The van der Waals surface area contributed by atoms with Crippen LogP contribution in [0.3, 0.4) is 0 Å². The lowest BCUT2D eigenvalue weighted by Crippen LogP contribution is -2.52. The van der Waals surface area contributed by atoms with Crippen LogP contribution in [0.5, 0.6) is 0 Å². The number of halogens is 1. The van der Waals surface area contributed by atoms with Gasteiger partial charge in [-0.15, -0.1) is 0 Å². The second kappa shape index (κ2) is 7.46. The molecule has 2 bridgehead atoms. The number of nitrogens with zero attached hydrogens (tertiary/aromatic N) is 1. The molecule has 5 rings (SSSR count). The number of carbonyl (C=O) groups is 1. The summed E-state index contributed by atoms with van der Waals surface area (Å²) in [5.41, 5.74) is 1.52. The van der Waals surface area contributed by atoms with E-state index in [1.807, 2.05) is 30.3 Å². The van der Waals surface area contributed by atoms with E-state index < -0.39 is 6.04 Å². The number of benzene rings is 2. The number of nitrogens with one attached hydrogen (secondary N) is 1. The van der Waals surface area contributed by atoms with Crippen LogP contribution in [0.2, 0.25) is 0 Å². The van der Waals surface area contributed by atoms with E-state index in [9.17, 15) is 9.18 Å². The topological polar surface area (TPSA) is 41.6 Å². The van der Waals surface area contributed by atoms with Gasteiger partial charge in [0.2, 0.25) is 0 Å². The van der Waals surface area contributed by atoms with Crippen molar-refractivity contribution in [3.05, 3.63) is 66.0 Å². The number of rotatable bonds is 5. The first-order chi connectivity index (χ1) is 12.7. The van der Waals surface area contributed by atoms with Crippen LogP contribution in [-0.2, 0) is 9.53 Å². The molecule has 0 aliphatic carbocycles. The summed E-state index contributed by atoms with van der Waals surface area (Å²) in [5.74, 6) is -0.118. The van der Waals surface area contributed by atoms with Crippen LogP contribution in [0, 0.1) is 11.7 Å². The van der Waals surface area contributed by atoms with Gasteiger partial charge in [0.15, 0.2) is 6.04 Å². The molecular weight excluding hydrogens is 331 g/mol. The molecule has 2 aromatic carbocycles. The standard InChI is InChI=1S/C21H23FN2O2/c22-17-6-8-18(9-7-17)23-20(16-4-2-1-3-5-16)21(25)26-19-14-24-12-10-15(19)11-13-24/h1-9,15,19-20,23H,10-14H2. The summed E-state index contributed by atoms with van der Waals surface area (Å²) in [6.07, 6.45) is 2.16. The van der Waals surface area contributed by atoms with Crippen molar-refractivity contribution in [2.45, 2.75) is 25.0 Å². The third kappa shape index (κ3) is 3.73. The summed E-state index contributed by atoms with van der Waals surface area (Å²) in [7, 11) is 0. The van der Waals surface area contributed by atoms with Gasteiger partial charge in [0.05, 0.1) is 0 Å². The number of anilines is 1. The lowest BCUT2D eigenvalue weighted by atomic mass is 9.86. The third-order valence-electron chi connectivity index (χ3n) is 5.39. The number of esters is 1. The van der Waals surface area contributed by atoms with Crippen molar-refractivity contribution in [3.8, 4) is 0 Å². The Labute approximate surface area is 153 Å². The van der Waals surface area contributed by atoms with Gasteiger partial charge < -0.3 is 10.1 Å². The molecule has 0 saturated carbocycles. The van der Waals surface area contributed by atoms with Crippen molar-refractivity contribution in [2.24, 2.45) is 5.92 Å². The lowest BCUT2D eigenvalue weighted by Gasteiger charge is -2.44. The smallest absolute Gasteiger partial charge is 0.333 e. The van der Waals surface area contributed by atoms with E-state index >= 15 is 0 Å². The van der Waals surface area contributed by atoms with Crippen LogP contribution >= 0.6 is 0 Å². The zero-order valence-corrected chi connectivity index (χ0v) is 14.6. The van der Waals surface area contributed by atoms with Gasteiger partial charge in [-0.25, -0.2) is 9.18 Å². The maximum absolute atomic E-state index is 13.2. The molecule has 1 N–H and O–H groups in total. The van der Waals surface area contributed by atoms with Gasteiger partial charge >= 0.3 is 5.97 Å². The normalized spacial score (nSPS) is 25.5. The van der Waals surface area contributed by atoms with E-state index in [0.29, 0.717) is 11.6 Å². The summed E-state index contributed by atoms with van der Waals surface area (Å²) >= 11 is 0. The first-order valence-electron chi connectivity index (χ1n) is 9.19. The molecule has 3 aliphatic rings. The molecule has 4 nitrogen and oxygen atoms in total. The number of carbonyl (C=O) groups excluding carboxylic acids is 1. The Balaban J connectivity index is 1.52. The van der Waals surface area contributed by atoms with Crippen molar-refractivity contribution >= 4 is 11.7 Å². The van der Waals surface area contributed by atoms with Crippen LogP contribution < -0.4 is 5.32 Å². The molecule has 26 heavy (non-hydrogen) atoms. The first-order valence-corrected chi connectivity index (χ1v) is 9.19. The number of hydrogen-bond acceptors (Lipinski definition) is 4. The van der Waals surface area contributed by atoms with Gasteiger partial charge in [-0.3, -0.25) is 4.90 Å². The monoisotopic (exact) mass is 354 g/mol. The highest BCUT2D eigenvalue weighted by atomic mass is 19.1. The van der Waals surface area contributed by atoms with E-state index in [1.54, 1.807) is 12.1 Å². The van der Waals surface area contributed by atoms with Crippen molar-refractivity contribution in [1.29, 1.82) is 0 Å². The number of piperidine rings is 3. The van der Waals surface area contributed by atoms with E-state index in [-0.39, 0.29) is 17.9 Å². The Morgan fingerprint density at radius 1 is 1.08 bits per heavy atom. The highest BCUT2D eigenvalue weighted by molar-refractivity contribution is 5.81. The minimum absolute atomic E-state index is 0.0359. The van der Waals surface area contributed by atoms with Crippen LogP contribution in [0.25, 0.3) is 0 Å². The summed E-state index contributed by atoms with van der Waals surface area (Å²) in [6.45, 7) is 3.04. The molecule has 0 aromatic heterocycles. The van der Waals surface area contributed by atoms with E-state index in [1.165, 1.54) is 12.1 Å². The van der Waals surface area contributed by atoms with Gasteiger partial charge in [0, 0.05) is 12.2 Å². The second-order valence-corrected chi connectivity index (χ2v) is 7.11. The minimum atomic E-state index is -0.614. The summed E-state index contributed by atoms with van der Waals surface area (Å²) in [5, 5.41) is 3.20. The summed E-state index contributed by atoms with van der Waals surface area (Å²) < 4.78 is 19.1. The average Bonchev–Trinajstić information content (AvgIpc) is 2.69. The Morgan fingerprint density at radius 3 is 2.38 bits per heavy atom. The predicted octanol–water partition coefficient (Wildman–Crippen LogP) is 3.62. The SMILES string of the molecule is O=C(OC1CN2CCC1CC2)C(Nc1ccc(F)cc1)c1ccccc1. The van der Waals surface area contributed by atoms with Gasteiger partial charge in [-0.1, -0.05) is 30.3 Å². The number of ether oxygens (including phenoxy) is 1. The fourth-order valence-corrected chi connectivity index (χ4v) is 3.90. The minimum Gasteiger partial charge on any atom is -0.459 e. The molecule has 2 aromatic rings. The molecule has 0 radical (unpaired) electrons. The zero-order chi connectivity index (χ0) is 17.9. The predicted molar refractivity (Wildman–Crippen MR) is 98.2 cm³/mol. The Kier molecular flexibility index (Phi) is 4.89. The molecular formula is C21H23FN2O2. The summed E-state index contributed by atoms with van der Waals surface area (Å²) in [4.78, 5) is 15.3. The molecule has 3 aliphatic heterocycles. The Hall–Kier alpha value is -2.40. The molecule has 2 unspecified atom stereocenters. The van der Waals surface area contributed by atoms with Gasteiger partial charge in [-0.2, -0.15) is 0 Å². The fourth-order valence-electron chi connectivity index (χ4n) is 3.90. The Bertz CT molecular complexity index is 742. The van der Waals surface area contributed by atoms with Gasteiger partial charge in [-0.05, 0) is 61.7 Å². The van der Waals surface area contributed by atoms with Crippen LogP contribution in [-0.4, -0.2) is 36.6 Å². The first kappa shape index (κ1) is 17.0. The largest absolute Gasteiger partial charge is 0.459 e. The Morgan fingerprint density at radius 2 is 1.77 bits per heavy atom. The zero-order valence-electron chi connectivity index (χ0n) is 14.6. The highest BCUT2D eigenvalue weighted by Crippen LogP contribution is 2.31. The average molecular weight is 354 g/mol. The van der Waals surface area contributed by atoms with E-state index in [2.05, 4.69) is 10.2 Å². The third-order valence-corrected chi connectivity index (χ3v) is 5.39. The molecule has 2 atom stereocenters. The van der Waals surface area contributed by atoms with Crippen molar-refractivity contribution < 1.29 is 13.9 Å². The van der Waals surface area contributed by atoms with Gasteiger partial charge in [0.1, 0.15) is 11.9 Å². The molecule has 3 heterocycles. The van der Waals surface area contributed by atoms with Crippen molar-refractivity contribution in [3.63, 3.8) is 0 Å². The van der Waals surface area contributed by atoms with E-state index in [0.717, 1.165) is 38.0 Å². The second-order valence-electron chi connectivity index (χ2n) is 7.11. The van der Waals surface area contributed by atoms with Crippen molar-refractivity contribution in [1.82, 2.24) is 4.90 Å². The molecule has 3 saturated heterocycles. The molecule has 0 spiro atoms. The van der Waals surface area contributed by atoms with Crippen LogP contribution in [0.15, 0.2) is 54.6 Å².